The molecule has 2 aliphatic rings. The summed E-state index contributed by atoms with van der Waals surface area (Å²) < 4.78 is 0. The van der Waals surface area contributed by atoms with Gasteiger partial charge in [-0.2, -0.15) is 0 Å². The molecule has 0 aliphatic carbocycles. The molecule has 20 heavy (non-hydrogen) atoms. The second-order valence-corrected chi connectivity index (χ2v) is 5.71. The Morgan fingerprint density at radius 1 is 0.900 bits per heavy atom. The SMILES string of the molecule is CC1c2cc(-c3ccccc3)ccc2N2C=CN(C)C12. The van der Waals surface area contributed by atoms with Crippen LogP contribution in [0.25, 0.3) is 11.1 Å². The lowest BCUT2D eigenvalue weighted by molar-refractivity contribution is 0.333. The summed E-state index contributed by atoms with van der Waals surface area (Å²) in [5.41, 5.74) is 5.40. The van der Waals surface area contributed by atoms with Crippen molar-refractivity contribution in [3.05, 3.63) is 66.5 Å². The zero-order chi connectivity index (χ0) is 13.7. The van der Waals surface area contributed by atoms with Gasteiger partial charge in [-0.25, -0.2) is 0 Å². The lowest BCUT2D eigenvalue weighted by Gasteiger charge is -2.26. The number of hydrogen-bond donors (Lipinski definition) is 0. The summed E-state index contributed by atoms with van der Waals surface area (Å²) in [4.78, 5) is 4.68. The van der Waals surface area contributed by atoms with Crippen LogP contribution < -0.4 is 4.90 Å². The van der Waals surface area contributed by atoms with Crippen molar-refractivity contribution in [2.75, 3.05) is 11.9 Å². The van der Waals surface area contributed by atoms with Gasteiger partial charge in [0.15, 0.2) is 0 Å². The molecular formula is C18H18N2. The molecule has 100 valence electrons. The van der Waals surface area contributed by atoms with E-state index in [0.717, 1.165) is 0 Å². The molecule has 0 aromatic heterocycles. The van der Waals surface area contributed by atoms with Gasteiger partial charge in [0.1, 0.15) is 6.17 Å². The molecule has 4 rings (SSSR count). The molecule has 0 amide bonds. The molecule has 2 unspecified atom stereocenters. The summed E-state index contributed by atoms with van der Waals surface area (Å²) in [5.74, 6) is 0.522. The predicted molar refractivity (Wildman–Crippen MR) is 83.5 cm³/mol. The number of fused-ring (bicyclic) bond motifs is 3. The van der Waals surface area contributed by atoms with E-state index in [0.29, 0.717) is 12.1 Å². The monoisotopic (exact) mass is 262 g/mol. The molecule has 0 fully saturated rings. The summed E-state index contributed by atoms with van der Waals surface area (Å²) >= 11 is 0. The Morgan fingerprint density at radius 2 is 1.70 bits per heavy atom. The van der Waals surface area contributed by atoms with E-state index in [9.17, 15) is 0 Å². The highest BCUT2D eigenvalue weighted by Gasteiger charge is 2.39. The summed E-state index contributed by atoms with van der Waals surface area (Å²) in [5, 5.41) is 0. The van der Waals surface area contributed by atoms with Gasteiger partial charge in [0.2, 0.25) is 0 Å². The quantitative estimate of drug-likeness (QED) is 0.766. The average molecular weight is 262 g/mol. The van der Waals surface area contributed by atoms with Gasteiger partial charge in [0.05, 0.1) is 0 Å². The molecule has 0 saturated heterocycles. The van der Waals surface area contributed by atoms with Crippen molar-refractivity contribution in [1.82, 2.24) is 4.90 Å². The number of nitrogens with zero attached hydrogens (tertiary/aromatic N) is 2. The zero-order valence-electron chi connectivity index (χ0n) is 11.8. The predicted octanol–water partition coefficient (Wildman–Crippen LogP) is 4.02. The van der Waals surface area contributed by atoms with E-state index in [1.54, 1.807) is 0 Å². The molecule has 2 atom stereocenters. The van der Waals surface area contributed by atoms with Crippen LogP contribution in [0.3, 0.4) is 0 Å². The number of benzene rings is 2. The second-order valence-electron chi connectivity index (χ2n) is 5.71. The molecule has 0 radical (unpaired) electrons. The van der Waals surface area contributed by atoms with E-state index in [1.165, 1.54) is 22.4 Å². The first kappa shape index (κ1) is 11.6. The van der Waals surface area contributed by atoms with Crippen molar-refractivity contribution in [2.45, 2.75) is 19.0 Å². The van der Waals surface area contributed by atoms with Gasteiger partial charge in [0, 0.05) is 31.1 Å². The molecule has 2 aromatic carbocycles. The van der Waals surface area contributed by atoms with Gasteiger partial charge in [0.25, 0.3) is 0 Å². The maximum atomic E-state index is 2.38. The summed E-state index contributed by atoms with van der Waals surface area (Å²) in [6, 6.07) is 17.5. The van der Waals surface area contributed by atoms with Crippen LogP contribution in [0.5, 0.6) is 0 Å². The minimum atomic E-state index is 0.441. The molecule has 0 spiro atoms. The van der Waals surface area contributed by atoms with Crippen LogP contribution in [-0.4, -0.2) is 18.1 Å². The topological polar surface area (TPSA) is 6.48 Å². The Hall–Kier alpha value is -2.22. The zero-order valence-corrected chi connectivity index (χ0v) is 11.8. The van der Waals surface area contributed by atoms with Crippen LogP contribution in [0.2, 0.25) is 0 Å². The molecular weight excluding hydrogens is 244 g/mol. The van der Waals surface area contributed by atoms with E-state index in [4.69, 9.17) is 0 Å². The standard InChI is InChI=1S/C18H18N2/c1-13-16-12-15(14-6-4-3-5-7-14)8-9-17(16)20-11-10-19(2)18(13)20/h3-13,18H,1-2H3. The maximum absolute atomic E-state index is 2.38. The van der Waals surface area contributed by atoms with Gasteiger partial charge in [-0.3, -0.25) is 0 Å². The Balaban J connectivity index is 1.81. The fourth-order valence-electron chi connectivity index (χ4n) is 3.49. The normalized spacial score (nSPS) is 23.1. The molecule has 2 heteroatoms. The summed E-state index contributed by atoms with van der Waals surface area (Å²) in [7, 11) is 2.15. The fraction of sp³-hybridized carbons (Fsp3) is 0.222. The number of rotatable bonds is 1. The highest BCUT2D eigenvalue weighted by molar-refractivity contribution is 5.73. The lowest BCUT2D eigenvalue weighted by Crippen LogP contribution is -2.35. The third-order valence-corrected chi connectivity index (χ3v) is 4.52. The largest absolute Gasteiger partial charge is 0.358 e. The molecule has 0 saturated carbocycles. The molecule has 2 nitrogen and oxygen atoms in total. The highest BCUT2D eigenvalue weighted by atomic mass is 15.4. The third-order valence-electron chi connectivity index (χ3n) is 4.52. The van der Waals surface area contributed by atoms with E-state index in [1.807, 2.05) is 0 Å². The number of hydrogen-bond acceptors (Lipinski definition) is 2. The van der Waals surface area contributed by atoms with Gasteiger partial charge in [-0.1, -0.05) is 43.3 Å². The van der Waals surface area contributed by atoms with Crippen molar-refractivity contribution in [3.8, 4) is 11.1 Å². The van der Waals surface area contributed by atoms with E-state index in [-0.39, 0.29) is 0 Å². The van der Waals surface area contributed by atoms with Crippen LogP contribution in [-0.2, 0) is 0 Å². The molecule has 0 bridgehead atoms. The third kappa shape index (κ3) is 1.51. The van der Waals surface area contributed by atoms with Crippen molar-refractivity contribution in [2.24, 2.45) is 0 Å². The van der Waals surface area contributed by atoms with Crippen LogP contribution in [0.4, 0.5) is 5.69 Å². The minimum absolute atomic E-state index is 0.441. The minimum Gasteiger partial charge on any atom is -0.358 e. The van der Waals surface area contributed by atoms with Gasteiger partial charge in [-0.15, -0.1) is 0 Å². The lowest BCUT2D eigenvalue weighted by atomic mass is 9.96. The Labute approximate surface area is 119 Å². The van der Waals surface area contributed by atoms with E-state index < -0.39 is 0 Å². The van der Waals surface area contributed by atoms with Gasteiger partial charge < -0.3 is 9.80 Å². The number of anilines is 1. The Bertz CT molecular complexity index is 675. The first-order chi connectivity index (χ1) is 9.75. The maximum Gasteiger partial charge on any atom is 0.112 e. The summed E-state index contributed by atoms with van der Waals surface area (Å²) in [6.45, 7) is 2.32. The van der Waals surface area contributed by atoms with Crippen molar-refractivity contribution in [1.29, 1.82) is 0 Å². The number of likely N-dealkylation sites (N-methyl/N-ethyl adjacent to an activating group) is 1. The van der Waals surface area contributed by atoms with E-state index in [2.05, 4.69) is 84.7 Å². The van der Waals surface area contributed by atoms with Crippen LogP contribution in [0.1, 0.15) is 18.4 Å². The van der Waals surface area contributed by atoms with Crippen LogP contribution in [0, 0.1) is 0 Å². The highest BCUT2D eigenvalue weighted by Crippen LogP contribution is 2.45. The Morgan fingerprint density at radius 3 is 2.50 bits per heavy atom. The molecule has 0 N–H and O–H groups in total. The van der Waals surface area contributed by atoms with Crippen molar-refractivity contribution in [3.63, 3.8) is 0 Å². The van der Waals surface area contributed by atoms with Crippen molar-refractivity contribution < 1.29 is 0 Å². The van der Waals surface area contributed by atoms with Gasteiger partial charge >= 0.3 is 0 Å². The molecule has 2 heterocycles. The van der Waals surface area contributed by atoms with Crippen LogP contribution >= 0.6 is 0 Å². The smallest absolute Gasteiger partial charge is 0.112 e. The average Bonchev–Trinajstić information content (AvgIpc) is 3.00. The van der Waals surface area contributed by atoms with E-state index >= 15 is 0 Å². The first-order valence-electron chi connectivity index (χ1n) is 7.14. The summed E-state index contributed by atoms with van der Waals surface area (Å²) in [6.07, 6.45) is 4.79. The van der Waals surface area contributed by atoms with Crippen LogP contribution in [0.15, 0.2) is 60.9 Å². The molecule has 2 aliphatic heterocycles. The fourth-order valence-corrected chi connectivity index (χ4v) is 3.49. The van der Waals surface area contributed by atoms with Gasteiger partial charge in [-0.05, 0) is 28.8 Å². The Kier molecular flexibility index (Phi) is 2.40. The van der Waals surface area contributed by atoms with Crippen molar-refractivity contribution >= 4 is 5.69 Å². The first-order valence-corrected chi connectivity index (χ1v) is 7.14. The molecule has 2 aromatic rings. The second kappa shape index (κ2) is 4.14.